The first kappa shape index (κ1) is 21.6. The highest BCUT2D eigenvalue weighted by molar-refractivity contribution is 5.89. The third kappa shape index (κ3) is 4.39. The molecule has 0 bridgehead atoms. The van der Waals surface area contributed by atoms with Gasteiger partial charge >= 0.3 is 6.09 Å². The van der Waals surface area contributed by atoms with Gasteiger partial charge in [-0.1, -0.05) is 6.57 Å². The van der Waals surface area contributed by atoms with E-state index in [1.165, 1.54) is 10.6 Å². The van der Waals surface area contributed by atoms with Crippen molar-refractivity contribution in [1.29, 1.82) is 0 Å². The van der Waals surface area contributed by atoms with E-state index in [1.54, 1.807) is 31.2 Å². The zero-order valence-corrected chi connectivity index (χ0v) is 18.0. The Labute approximate surface area is 175 Å². The number of rotatable bonds is 3. The van der Waals surface area contributed by atoms with Crippen molar-refractivity contribution in [3.63, 3.8) is 0 Å². The van der Waals surface area contributed by atoms with Gasteiger partial charge in [0, 0.05) is 39.9 Å². The zero-order chi connectivity index (χ0) is 22.1. The van der Waals surface area contributed by atoms with Crippen molar-refractivity contribution in [3.05, 3.63) is 40.0 Å². The molecule has 1 atom stereocenters. The minimum Gasteiger partial charge on any atom is -0.444 e. The minimum atomic E-state index is -0.590. The van der Waals surface area contributed by atoms with Crippen LogP contribution in [-0.2, 0) is 16.5 Å². The van der Waals surface area contributed by atoms with Crippen molar-refractivity contribution in [1.82, 2.24) is 14.5 Å². The molecule has 9 heteroatoms. The maximum atomic E-state index is 12.7. The van der Waals surface area contributed by atoms with Gasteiger partial charge < -0.3 is 23.8 Å². The van der Waals surface area contributed by atoms with E-state index in [-0.39, 0.29) is 23.5 Å². The minimum absolute atomic E-state index is 0.160. The average molecular weight is 413 g/mol. The lowest BCUT2D eigenvalue weighted by Crippen LogP contribution is -2.58. The van der Waals surface area contributed by atoms with Crippen molar-refractivity contribution < 1.29 is 14.3 Å². The van der Waals surface area contributed by atoms with Gasteiger partial charge in [-0.25, -0.2) is 4.79 Å². The summed E-state index contributed by atoms with van der Waals surface area (Å²) >= 11 is 0. The van der Waals surface area contributed by atoms with Gasteiger partial charge in [0.2, 0.25) is 5.52 Å². The molecule has 1 aliphatic rings. The quantitative estimate of drug-likeness (QED) is 0.720. The first-order valence-corrected chi connectivity index (χ1v) is 9.76. The summed E-state index contributed by atoms with van der Waals surface area (Å²) in [7, 11) is 3.27. The standard InChI is InChI=1S/C21H27N5O4/c1-21(2,3)30-20(28)26-10-9-25(12-14(26)13-29-6)16-11-18(27)24(5)15-7-8-17(22-4)23-19(15)16/h7-8,11,14H,9-10,12-13H2,1-3,5-6H3. The number of carbonyl (C=O) groups excluding carboxylic acids is 1. The fourth-order valence-electron chi connectivity index (χ4n) is 3.57. The SMILES string of the molecule is [C-]#[N+]c1ccc2c(n1)c(N1CCN(C(=O)OC(C)(C)C)C(COC)C1)cc(=O)n2C. The topological polar surface area (TPSA) is 81.3 Å². The van der Waals surface area contributed by atoms with Crippen LogP contribution in [0.3, 0.4) is 0 Å². The number of pyridine rings is 2. The molecule has 0 saturated carbocycles. The number of aryl methyl sites for hydroxylation is 1. The lowest BCUT2D eigenvalue weighted by molar-refractivity contribution is 0.00345. The molecule has 0 spiro atoms. The van der Waals surface area contributed by atoms with Crippen LogP contribution >= 0.6 is 0 Å². The summed E-state index contributed by atoms with van der Waals surface area (Å²) in [6.45, 7) is 14.5. The smallest absolute Gasteiger partial charge is 0.410 e. The molecule has 1 amide bonds. The molecule has 1 aliphatic heterocycles. The first-order valence-electron chi connectivity index (χ1n) is 9.76. The Hall–Kier alpha value is -3.12. The van der Waals surface area contributed by atoms with E-state index in [0.29, 0.717) is 43.0 Å². The van der Waals surface area contributed by atoms with Gasteiger partial charge in [-0.2, -0.15) is 0 Å². The van der Waals surface area contributed by atoms with Crippen LogP contribution in [0.2, 0.25) is 0 Å². The molecule has 1 fully saturated rings. The van der Waals surface area contributed by atoms with E-state index in [2.05, 4.69) is 9.83 Å². The number of ether oxygens (including phenoxy) is 2. The fraction of sp³-hybridized carbons (Fsp3) is 0.524. The number of fused-ring (bicyclic) bond motifs is 1. The summed E-state index contributed by atoms with van der Waals surface area (Å²) < 4.78 is 12.4. The summed E-state index contributed by atoms with van der Waals surface area (Å²) in [5.74, 6) is 0.267. The molecule has 9 nitrogen and oxygen atoms in total. The number of hydrogen-bond donors (Lipinski definition) is 0. The summed E-state index contributed by atoms with van der Waals surface area (Å²) in [6.07, 6.45) is -0.383. The Morgan fingerprint density at radius 1 is 1.33 bits per heavy atom. The van der Waals surface area contributed by atoms with Crippen LogP contribution in [0.4, 0.5) is 16.3 Å². The van der Waals surface area contributed by atoms with E-state index in [1.807, 2.05) is 25.7 Å². The highest BCUT2D eigenvalue weighted by Gasteiger charge is 2.34. The molecule has 160 valence electrons. The second kappa shape index (κ2) is 8.32. The maximum absolute atomic E-state index is 12.7. The highest BCUT2D eigenvalue weighted by atomic mass is 16.6. The van der Waals surface area contributed by atoms with Crippen LogP contribution in [0.1, 0.15) is 20.8 Å². The molecule has 3 heterocycles. The van der Waals surface area contributed by atoms with Gasteiger partial charge in [0.05, 0.1) is 23.9 Å². The summed E-state index contributed by atoms with van der Waals surface area (Å²) in [5, 5.41) is 0. The lowest BCUT2D eigenvalue weighted by atomic mass is 10.1. The monoisotopic (exact) mass is 413 g/mol. The molecule has 0 radical (unpaired) electrons. The van der Waals surface area contributed by atoms with Gasteiger partial charge in [0.25, 0.3) is 11.4 Å². The van der Waals surface area contributed by atoms with Gasteiger partial charge in [0.1, 0.15) is 5.60 Å². The number of methoxy groups -OCH3 is 1. The predicted molar refractivity (Wildman–Crippen MR) is 114 cm³/mol. The Bertz CT molecular complexity index is 1050. The van der Waals surface area contributed by atoms with Crippen LogP contribution in [-0.4, -0.2) is 65.5 Å². The second-order valence-electron chi connectivity index (χ2n) is 8.30. The normalized spacial score (nSPS) is 17.1. The molecule has 2 aromatic rings. The Kier molecular flexibility index (Phi) is 5.99. The third-order valence-corrected chi connectivity index (χ3v) is 4.98. The fourth-order valence-corrected chi connectivity index (χ4v) is 3.57. The number of amides is 1. The van der Waals surface area contributed by atoms with Crippen molar-refractivity contribution in [3.8, 4) is 0 Å². The summed E-state index contributed by atoms with van der Waals surface area (Å²) in [4.78, 5) is 36.8. The number of carbonyl (C=O) groups is 1. The van der Waals surface area contributed by atoms with Crippen LogP contribution < -0.4 is 10.5 Å². The molecule has 1 saturated heterocycles. The Balaban J connectivity index is 1.97. The lowest BCUT2D eigenvalue weighted by Gasteiger charge is -2.42. The molecule has 0 N–H and O–H groups in total. The van der Waals surface area contributed by atoms with Gasteiger partial charge in [0.15, 0.2) is 0 Å². The Morgan fingerprint density at radius 2 is 2.07 bits per heavy atom. The van der Waals surface area contributed by atoms with E-state index in [9.17, 15) is 9.59 Å². The number of aromatic nitrogens is 2. The molecular weight excluding hydrogens is 386 g/mol. The van der Waals surface area contributed by atoms with Crippen LogP contribution in [0.5, 0.6) is 0 Å². The van der Waals surface area contributed by atoms with Crippen LogP contribution in [0.25, 0.3) is 15.9 Å². The number of piperazine rings is 1. The van der Waals surface area contributed by atoms with Gasteiger partial charge in [-0.3, -0.25) is 9.69 Å². The van der Waals surface area contributed by atoms with E-state index < -0.39 is 5.60 Å². The summed E-state index contributed by atoms with van der Waals surface area (Å²) in [6, 6.07) is 4.63. The van der Waals surface area contributed by atoms with Crippen molar-refractivity contribution >= 4 is 28.6 Å². The van der Waals surface area contributed by atoms with Crippen LogP contribution in [0, 0.1) is 6.57 Å². The van der Waals surface area contributed by atoms with E-state index in [0.717, 1.165) is 0 Å². The van der Waals surface area contributed by atoms with E-state index >= 15 is 0 Å². The number of anilines is 1. The van der Waals surface area contributed by atoms with E-state index in [4.69, 9.17) is 16.0 Å². The first-order chi connectivity index (χ1) is 14.1. The molecule has 1 unspecified atom stereocenters. The molecule has 0 aromatic carbocycles. The largest absolute Gasteiger partial charge is 0.444 e. The third-order valence-electron chi connectivity index (χ3n) is 4.98. The zero-order valence-electron chi connectivity index (χ0n) is 18.0. The molecule has 0 aliphatic carbocycles. The number of nitrogens with zero attached hydrogens (tertiary/aromatic N) is 5. The Morgan fingerprint density at radius 3 is 2.70 bits per heavy atom. The second-order valence-corrected chi connectivity index (χ2v) is 8.30. The van der Waals surface area contributed by atoms with Crippen LogP contribution in [0.15, 0.2) is 23.0 Å². The van der Waals surface area contributed by atoms with Crippen molar-refractivity contribution in [2.24, 2.45) is 7.05 Å². The maximum Gasteiger partial charge on any atom is 0.410 e. The highest BCUT2D eigenvalue weighted by Crippen LogP contribution is 2.28. The number of hydrogen-bond acceptors (Lipinski definition) is 6. The van der Waals surface area contributed by atoms with Gasteiger partial charge in [-0.05, 0) is 32.9 Å². The van der Waals surface area contributed by atoms with Gasteiger partial charge in [-0.15, -0.1) is 4.98 Å². The predicted octanol–water partition coefficient (Wildman–Crippen LogP) is 2.56. The summed E-state index contributed by atoms with van der Waals surface area (Å²) in [5.41, 5.74) is 1.15. The average Bonchev–Trinajstić information content (AvgIpc) is 2.69. The molecule has 2 aromatic heterocycles. The van der Waals surface area contributed by atoms with Crippen molar-refractivity contribution in [2.75, 3.05) is 38.3 Å². The molecular formula is C21H27N5O4. The molecule has 3 rings (SSSR count). The molecule has 30 heavy (non-hydrogen) atoms. The van der Waals surface area contributed by atoms with Crippen molar-refractivity contribution in [2.45, 2.75) is 32.4 Å².